The number of aliphatic hydroxyl groups is 1. The summed E-state index contributed by atoms with van der Waals surface area (Å²) in [5.41, 5.74) is 0. The molecule has 1 heterocycles. The topological polar surface area (TPSA) is 75.6 Å². The van der Waals surface area contributed by atoms with Crippen LogP contribution in [0.5, 0.6) is 0 Å². The van der Waals surface area contributed by atoms with Gasteiger partial charge in [-0.05, 0) is 6.42 Å². The highest BCUT2D eigenvalue weighted by Crippen LogP contribution is 2.11. The van der Waals surface area contributed by atoms with E-state index in [-0.39, 0.29) is 5.76 Å². The first-order chi connectivity index (χ1) is 10.1. The molecule has 5 heteroatoms. The second-order valence-electron chi connectivity index (χ2n) is 5.52. The maximum absolute atomic E-state index is 11.6. The lowest BCUT2D eigenvalue weighted by Crippen LogP contribution is -2.37. The number of ether oxygens (including phenoxy) is 1. The number of rotatable bonds is 10. The number of nitrogens with one attached hydrogen (secondary N) is 1. The van der Waals surface area contributed by atoms with E-state index in [1.54, 1.807) is 0 Å². The van der Waals surface area contributed by atoms with Gasteiger partial charge in [-0.3, -0.25) is 4.79 Å². The Labute approximate surface area is 126 Å². The molecule has 0 aliphatic carbocycles. The van der Waals surface area contributed by atoms with E-state index in [1.165, 1.54) is 38.2 Å². The highest BCUT2D eigenvalue weighted by Gasteiger charge is 2.27. The molecular formula is C16H27NO4. The van der Waals surface area contributed by atoms with Gasteiger partial charge in [0.25, 0.3) is 0 Å². The molecule has 120 valence electrons. The molecule has 2 N–H and O–H groups in total. The van der Waals surface area contributed by atoms with Crippen LogP contribution in [-0.2, 0) is 14.3 Å². The van der Waals surface area contributed by atoms with Crippen molar-refractivity contribution in [3.8, 4) is 0 Å². The van der Waals surface area contributed by atoms with Crippen molar-refractivity contribution in [2.75, 3.05) is 6.61 Å². The van der Waals surface area contributed by atoms with E-state index in [0.29, 0.717) is 19.4 Å². The van der Waals surface area contributed by atoms with Crippen molar-refractivity contribution >= 4 is 11.9 Å². The van der Waals surface area contributed by atoms with Crippen LogP contribution in [-0.4, -0.2) is 29.6 Å². The third-order valence-electron chi connectivity index (χ3n) is 3.59. The summed E-state index contributed by atoms with van der Waals surface area (Å²) < 4.78 is 4.75. The molecule has 0 bridgehead atoms. The highest BCUT2D eigenvalue weighted by atomic mass is 16.5. The Morgan fingerprint density at radius 2 is 1.95 bits per heavy atom. The molecule has 0 aromatic heterocycles. The number of cyclic esters (lactones) is 1. The van der Waals surface area contributed by atoms with E-state index in [9.17, 15) is 14.7 Å². The van der Waals surface area contributed by atoms with Gasteiger partial charge in [0.15, 0.2) is 0 Å². The lowest BCUT2D eigenvalue weighted by molar-refractivity contribution is -0.140. The zero-order valence-electron chi connectivity index (χ0n) is 12.9. The fourth-order valence-corrected chi connectivity index (χ4v) is 2.33. The summed E-state index contributed by atoms with van der Waals surface area (Å²) in [6.45, 7) is 2.54. The van der Waals surface area contributed by atoms with Gasteiger partial charge in [0.1, 0.15) is 6.04 Å². The highest BCUT2D eigenvalue weighted by molar-refractivity contribution is 5.92. The third kappa shape index (κ3) is 7.73. The van der Waals surface area contributed by atoms with Crippen LogP contribution in [0.2, 0.25) is 0 Å². The molecule has 0 unspecified atom stereocenters. The molecule has 0 radical (unpaired) electrons. The zero-order valence-corrected chi connectivity index (χ0v) is 12.9. The van der Waals surface area contributed by atoms with Gasteiger partial charge >= 0.3 is 5.97 Å². The van der Waals surface area contributed by atoms with Gasteiger partial charge in [-0.15, -0.1) is 0 Å². The van der Waals surface area contributed by atoms with E-state index >= 15 is 0 Å². The largest absolute Gasteiger partial charge is 0.512 e. The molecule has 1 amide bonds. The van der Waals surface area contributed by atoms with Gasteiger partial charge in [-0.1, -0.05) is 45.4 Å². The van der Waals surface area contributed by atoms with Gasteiger partial charge < -0.3 is 15.2 Å². The van der Waals surface area contributed by atoms with Crippen LogP contribution in [0.15, 0.2) is 11.8 Å². The quantitative estimate of drug-likeness (QED) is 0.281. The van der Waals surface area contributed by atoms with Crippen molar-refractivity contribution in [2.45, 2.75) is 70.8 Å². The van der Waals surface area contributed by atoms with Gasteiger partial charge in [0, 0.05) is 18.9 Å². The molecule has 1 atom stereocenters. The summed E-state index contributed by atoms with van der Waals surface area (Å²) in [6, 6.07) is -0.569. The van der Waals surface area contributed by atoms with Crippen LogP contribution >= 0.6 is 0 Å². The Bertz CT molecular complexity index is 365. The average molecular weight is 297 g/mol. The maximum Gasteiger partial charge on any atom is 0.328 e. The lowest BCUT2D eigenvalue weighted by atomic mass is 10.1. The zero-order chi connectivity index (χ0) is 15.5. The smallest absolute Gasteiger partial charge is 0.328 e. The Morgan fingerprint density at radius 3 is 2.57 bits per heavy atom. The molecular weight excluding hydrogens is 270 g/mol. The van der Waals surface area contributed by atoms with E-state index in [1.807, 2.05) is 0 Å². The Hall–Kier alpha value is -1.52. The molecule has 0 aromatic rings. The molecule has 1 saturated heterocycles. The molecule has 1 rings (SSSR count). The second kappa shape index (κ2) is 10.2. The number of amides is 1. The number of esters is 1. The number of unbranched alkanes of at least 4 members (excludes halogenated alkanes) is 6. The van der Waals surface area contributed by atoms with Gasteiger partial charge in [0.2, 0.25) is 5.91 Å². The van der Waals surface area contributed by atoms with E-state index in [0.717, 1.165) is 12.8 Å². The molecule has 1 aliphatic rings. The number of aliphatic hydroxyl groups excluding tert-OH is 1. The molecule has 5 nitrogen and oxygen atoms in total. The lowest BCUT2D eigenvalue weighted by Gasteiger charge is -2.06. The van der Waals surface area contributed by atoms with E-state index < -0.39 is 17.9 Å². The molecule has 0 saturated carbocycles. The first kappa shape index (κ1) is 17.5. The molecule has 1 fully saturated rings. The van der Waals surface area contributed by atoms with E-state index in [2.05, 4.69) is 12.2 Å². The van der Waals surface area contributed by atoms with Crippen molar-refractivity contribution < 1.29 is 19.4 Å². The van der Waals surface area contributed by atoms with Gasteiger partial charge in [-0.25, -0.2) is 4.79 Å². The second-order valence-corrected chi connectivity index (χ2v) is 5.52. The predicted octanol–water partition coefficient (Wildman–Crippen LogP) is 3.00. The van der Waals surface area contributed by atoms with Crippen molar-refractivity contribution in [3.05, 3.63) is 11.8 Å². The van der Waals surface area contributed by atoms with Crippen LogP contribution in [0, 0.1) is 0 Å². The fourth-order valence-electron chi connectivity index (χ4n) is 2.33. The summed E-state index contributed by atoms with van der Waals surface area (Å²) >= 11 is 0. The number of hydrogen-bond donors (Lipinski definition) is 2. The number of allylic oxidation sites excluding steroid dienone is 1. The Balaban J connectivity index is 2.11. The first-order valence-corrected chi connectivity index (χ1v) is 8.00. The molecule has 0 aromatic carbocycles. The summed E-state index contributed by atoms with van der Waals surface area (Å²) in [4.78, 5) is 22.8. The average Bonchev–Trinajstić information content (AvgIpc) is 2.83. The van der Waals surface area contributed by atoms with Crippen LogP contribution in [0.25, 0.3) is 0 Å². The minimum atomic E-state index is -0.569. The summed E-state index contributed by atoms with van der Waals surface area (Å²) in [5, 5.41) is 12.2. The predicted molar refractivity (Wildman–Crippen MR) is 80.8 cm³/mol. The van der Waals surface area contributed by atoms with Gasteiger partial charge in [-0.2, -0.15) is 0 Å². The van der Waals surface area contributed by atoms with Gasteiger partial charge in [0.05, 0.1) is 12.4 Å². The minimum absolute atomic E-state index is 0.0763. The Kier molecular flexibility index (Phi) is 8.55. The maximum atomic E-state index is 11.6. The minimum Gasteiger partial charge on any atom is -0.512 e. The Morgan fingerprint density at radius 1 is 1.29 bits per heavy atom. The summed E-state index contributed by atoms with van der Waals surface area (Å²) in [5.74, 6) is -0.755. The number of carbonyl (C=O) groups excluding carboxylic acids is 2. The molecule has 21 heavy (non-hydrogen) atoms. The van der Waals surface area contributed by atoms with Crippen LogP contribution in [0.4, 0.5) is 0 Å². The number of carbonyl (C=O) groups is 2. The summed E-state index contributed by atoms with van der Waals surface area (Å²) in [7, 11) is 0. The van der Waals surface area contributed by atoms with E-state index in [4.69, 9.17) is 4.74 Å². The standard InChI is InChI=1S/C16H27NO4/c1-2-3-4-5-6-7-8-9-13(18)12-15(19)17-14-10-11-21-16(14)20/h12,14,18H,2-11H2,1H3,(H,17,19)/b13-12+/t14-/m0/s1. The summed E-state index contributed by atoms with van der Waals surface area (Å²) in [6.07, 6.45) is 10.3. The van der Waals surface area contributed by atoms with Crippen LogP contribution < -0.4 is 5.32 Å². The SMILES string of the molecule is CCCCCCCCC/C(O)=C\C(=O)N[C@H]1CCOC1=O. The van der Waals surface area contributed by atoms with Crippen LogP contribution in [0.3, 0.4) is 0 Å². The molecule has 1 aliphatic heterocycles. The van der Waals surface area contributed by atoms with Crippen molar-refractivity contribution in [2.24, 2.45) is 0 Å². The first-order valence-electron chi connectivity index (χ1n) is 8.00. The fraction of sp³-hybridized carbons (Fsp3) is 0.750. The number of hydrogen-bond acceptors (Lipinski definition) is 4. The van der Waals surface area contributed by atoms with Crippen LogP contribution in [0.1, 0.15) is 64.7 Å². The van der Waals surface area contributed by atoms with Crippen molar-refractivity contribution in [3.63, 3.8) is 0 Å². The molecule has 0 spiro atoms. The monoisotopic (exact) mass is 297 g/mol. The third-order valence-corrected chi connectivity index (χ3v) is 3.59. The normalized spacial score (nSPS) is 18.6. The van der Waals surface area contributed by atoms with Crippen molar-refractivity contribution in [1.29, 1.82) is 0 Å². The van der Waals surface area contributed by atoms with Crippen molar-refractivity contribution in [1.82, 2.24) is 5.32 Å².